The molecule has 0 saturated carbocycles. The highest BCUT2D eigenvalue weighted by atomic mass is 16.7. The van der Waals surface area contributed by atoms with E-state index >= 15 is 4.79 Å². The predicted octanol–water partition coefficient (Wildman–Crippen LogP) is 12.2. The molecule has 2 heterocycles. The van der Waals surface area contributed by atoms with Gasteiger partial charge < -0.3 is 18.6 Å². The fourth-order valence-corrected chi connectivity index (χ4v) is 13.0. The lowest BCUT2D eigenvalue weighted by Crippen LogP contribution is -2.41. The first-order chi connectivity index (χ1) is 33.6. The summed E-state index contributed by atoms with van der Waals surface area (Å²) in [6.07, 6.45) is 0. The van der Waals surface area contributed by atoms with E-state index in [0.29, 0.717) is 11.1 Å². The van der Waals surface area contributed by atoms with Crippen molar-refractivity contribution in [1.82, 2.24) is 0 Å². The summed E-state index contributed by atoms with van der Waals surface area (Å²) in [5.74, 6) is -0.0160. The molecule has 14 rings (SSSR count). The molecule has 5 nitrogen and oxygen atoms in total. The first kappa shape index (κ1) is 42.3. The monoisotopic (exact) mass is 910 g/mol. The van der Waals surface area contributed by atoms with Crippen molar-refractivity contribution < 1.29 is 23.4 Å². The molecule has 8 aromatic rings. The second-order valence-corrected chi connectivity index (χ2v) is 22.3. The van der Waals surface area contributed by atoms with Gasteiger partial charge in [0.1, 0.15) is 0 Å². The van der Waals surface area contributed by atoms with Crippen LogP contribution in [0.2, 0.25) is 0 Å². The number of carbonyl (C=O) groups excluding carboxylic acids is 1. The number of carbonyl (C=O) groups is 1. The smallest absolute Gasteiger partial charge is 0.399 e. The van der Waals surface area contributed by atoms with Crippen LogP contribution in [0.5, 0.6) is 0 Å². The van der Waals surface area contributed by atoms with Crippen molar-refractivity contribution in [2.75, 3.05) is 0 Å². The first-order valence-electron chi connectivity index (χ1n) is 24.8. The molecule has 2 spiro atoms. The first-order valence-corrected chi connectivity index (χ1v) is 24.8. The normalized spacial score (nSPS) is 19.6. The Hall–Kier alpha value is -6.60. The van der Waals surface area contributed by atoms with Gasteiger partial charge in [-0.15, -0.1) is 0 Å². The SMILES string of the molecule is CC1(C)OB(c2ccc3c(c2)C2(c4ccccc4-c4ccccc42)c2cc(C(=O)c4ccc5c(c4)C4(c6ccccc6-c6ccccc64)c4cc(B6OC(C)(C)C(C)(C)O6)ccc4-5)ccc2-3)OC1(C)C. The van der Waals surface area contributed by atoms with Crippen molar-refractivity contribution in [3.63, 3.8) is 0 Å². The van der Waals surface area contributed by atoms with E-state index in [4.69, 9.17) is 18.6 Å². The van der Waals surface area contributed by atoms with Crippen molar-refractivity contribution in [2.45, 2.75) is 88.6 Å². The van der Waals surface area contributed by atoms with Crippen LogP contribution in [0.1, 0.15) is 116 Å². The predicted molar refractivity (Wildman–Crippen MR) is 280 cm³/mol. The van der Waals surface area contributed by atoms with E-state index in [2.05, 4.69) is 213 Å². The number of hydrogen-bond donors (Lipinski definition) is 0. The number of rotatable bonds is 4. The Morgan fingerprint density at radius 3 is 0.886 bits per heavy atom. The van der Waals surface area contributed by atoms with Crippen LogP contribution in [0, 0.1) is 0 Å². The Morgan fingerprint density at radius 1 is 0.314 bits per heavy atom. The molecular formula is C63H52B2O5. The lowest BCUT2D eigenvalue weighted by molar-refractivity contribution is 0.00578. The fourth-order valence-electron chi connectivity index (χ4n) is 13.0. The summed E-state index contributed by atoms with van der Waals surface area (Å²) in [6.45, 7) is 16.8. The molecule has 4 aliphatic carbocycles. The van der Waals surface area contributed by atoms with Gasteiger partial charge in [0.2, 0.25) is 0 Å². The molecule has 340 valence electrons. The molecule has 2 aliphatic heterocycles. The van der Waals surface area contributed by atoms with E-state index in [1.807, 2.05) is 12.1 Å². The topological polar surface area (TPSA) is 54.0 Å². The zero-order valence-corrected chi connectivity index (χ0v) is 40.9. The van der Waals surface area contributed by atoms with Gasteiger partial charge >= 0.3 is 14.2 Å². The molecule has 70 heavy (non-hydrogen) atoms. The second-order valence-electron chi connectivity index (χ2n) is 22.3. The molecule has 0 radical (unpaired) electrons. The second kappa shape index (κ2) is 13.8. The maximum Gasteiger partial charge on any atom is 0.494 e. The van der Waals surface area contributed by atoms with Gasteiger partial charge in [0.25, 0.3) is 0 Å². The zero-order chi connectivity index (χ0) is 47.9. The molecule has 0 bridgehead atoms. The number of fused-ring (bicyclic) bond motifs is 20. The number of benzene rings is 8. The molecule has 0 unspecified atom stereocenters. The Kier molecular flexibility index (Phi) is 8.36. The van der Waals surface area contributed by atoms with Crippen LogP contribution in [0.15, 0.2) is 170 Å². The zero-order valence-electron chi connectivity index (χ0n) is 40.9. The molecule has 6 aliphatic rings. The third-order valence-electron chi connectivity index (χ3n) is 17.8. The van der Waals surface area contributed by atoms with E-state index in [-0.39, 0.29) is 5.78 Å². The summed E-state index contributed by atoms with van der Waals surface area (Å²) in [5.41, 5.74) is 18.7. The molecule has 8 aromatic carbocycles. The van der Waals surface area contributed by atoms with Crippen molar-refractivity contribution in [1.29, 1.82) is 0 Å². The Bertz CT molecular complexity index is 3280. The lowest BCUT2D eigenvalue weighted by Gasteiger charge is -2.32. The van der Waals surface area contributed by atoms with E-state index < -0.39 is 47.5 Å². The van der Waals surface area contributed by atoms with Gasteiger partial charge in [-0.05, 0) is 167 Å². The summed E-state index contributed by atoms with van der Waals surface area (Å²) in [6, 6.07) is 61.4. The van der Waals surface area contributed by atoms with Gasteiger partial charge in [-0.3, -0.25) is 4.79 Å². The van der Waals surface area contributed by atoms with Crippen LogP contribution >= 0.6 is 0 Å². The highest BCUT2D eigenvalue weighted by molar-refractivity contribution is 6.62. The van der Waals surface area contributed by atoms with Gasteiger partial charge in [0.15, 0.2) is 5.78 Å². The largest absolute Gasteiger partial charge is 0.494 e. The molecule has 0 amide bonds. The number of ketones is 1. The average Bonchev–Trinajstić information content (AvgIpc) is 4.12. The molecule has 0 N–H and O–H groups in total. The highest BCUT2D eigenvalue weighted by Crippen LogP contribution is 2.64. The van der Waals surface area contributed by atoms with Gasteiger partial charge in [0.05, 0.1) is 33.2 Å². The molecule has 7 heteroatoms. The third-order valence-corrected chi connectivity index (χ3v) is 17.8. The van der Waals surface area contributed by atoms with Gasteiger partial charge in [-0.1, -0.05) is 158 Å². The standard InChI is InChI=1S/C63H52B2O5/c1-58(2)59(3,4)68-64(67-58)39-27-31-47-45-29-25-37(33-53(45)62(55(47)35-39)49-21-13-9-17-41(49)42-18-10-14-22-50(42)62)57(66)38-26-30-46-48-32-28-40(65-69-60(5,6)61(7,8)70-65)36-56(48)63(54(46)34-38)51-23-15-11-19-43(51)44-20-12-16-24-52(44)63/h9-36H,1-8H3. The molecular weight excluding hydrogens is 858 g/mol. The minimum Gasteiger partial charge on any atom is -0.399 e. The van der Waals surface area contributed by atoms with Crippen molar-refractivity contribution in [3.05, 3.63) is 225 Å². The molecule has 0 atom stereocenters. The fraction of sp³-hybridized carbons (Fsp3) is 0.222. The Labute approximate surface area is 411 Å². The van der Waals surface area contributed by atoms with Crippen LogP contribution in [0.3, 0.4) is 0 Å². The van der Waals surface area contributed by atoms with E-state index in [1.54, 1.807) is 0 Å². The number of hydrogen-bond acceptors (Lipinski definition) is 5. The van der Waals surface area contributed by atoms with Gasteiger partial charge in [-0.25, -0.2) is 0 Å². The Balaban J connectivity index is 0.939. The van der Waals surface area contributed by atoms with Crippen LogP contribution in [0.4, 0.5) is 0 Å². The van der Waals surface area contributed by atoms with E-state index in [0.717, 1.165) is 44.3 Å². The van der Waals surface area contributed by atoms with Crippen LogP contribution < -0.4 is 10.9 Å². The van der Waals surface area contributed by atoms with Crippen LogP contribution in [-0.4, -0.2) is 42.4 Å². The van der Waals surface area contributed by atoms with Gasteiger partial charge in [-0.2, -0.15) is 0 Å². The van der Waals surface area contributed by atoms with Crippen LogP contribution in [0.25, 0.3) is 44.5 Å². The maximum atomic E-state index is 15.6. The Morgan fingerprint density at radius 2 is 0.571 bits per heavy atom. The van der Waals surface area contributed by atoms with E-state index in [1.165, 1.54) is 55.6 Å². The van der Waals surface area contributed by atoms with E-state index in [9.17, 15) is 0 Å². The van der Waals surface area contributed by atoms with Crippen molar-refractivity contribution >= 4 is 30.9 Å². The molecule has 2 fully saturated rings. The summed E-state index contributed by atoms with van der Waals surface area (Å²) in [4.78, 5) is 15.6. The average molecular weight is 911 g/mol. The summed E-state index contributed by atoms with van der Waals surface area (Å²) < 4.78 is 26.7. The third kappa shape index (κ3) is 5.21. The van der Waals surface area contributed by atoms with Crippen molar-refractivity contribution in [2.24, 2.45) is 0 Å². The van der Waals surface area contributed by atoms with Crippen molar-refractivity contribution in [3.8, 4) is 44.5 Å². The molecule has 2 saturated heterocycles. The summed E-state index contributed by atoms with van der Waals surface area (Å²) >= 11 is 0. The van der Waals surface area contributed by atoms with Crippen LogP contribution in [-0.2, 0) is 29.4 Å². The lowest BCUT2D eigenvalue weighted by atomic mass is 9.68. The summed E-state index contributed by atoms with van der Waals surface area (Å²) in [7, 11) is -1.05. The minimum absolute atomic E-state index is 0.0160. The highest BCUT2D eigenvalue weighted by Gasteiger charge is 2.57. The molecule has 0 aromatic heterocycles. The summed E-state index contributed by atoms with van der Waals surface area (Å²) in [5, 5.41) is 0. The quantitative estimate of drug-likeness (QED) is 0.130. The maximum absolute atomic E-state index is 15.6. The minimum atomic E-state index is -0.677. The van der Waals surface area contributed by atoms with Gasteiger partial charge in [0, 0.05) is 11.1 Å².